The van der Waals surface area contributed by atoms with Gasteiger partial charge in [0, 0.05) is 11.1 Å². The van der Waals surface area contributed by atoms with Gasteiger partial charge in [0.1, 0.15) is 12.4 Å². The second-order valence-electron chi connectivity index (χ2n) is 3.38. The normalized spacial score (nSPS) is 10.5. The van der Waals surface area contributed by atoms with Gasteiger partial charge in [0.25, 0.3) is 0 Å². The van der Waals surface area contributed by atoms with E-state index < -0.39 is 0 Å². The van der Waals surface area contributed by atoms with Crippen LogP contribution in [0.2, 0.25) is 5.02 Å². The molecule has 0 bridgehead atoms. The standard InChI is InChI=1S/C13H15ClO3/c1-3-16-13(15)5-4-8-17-12-9-11(14)7-6-10(12)2/h4-7,9H,3,8H2,1-2H3/b5-4+. The van der Waals surface area contributed by atoms with E-state index in [1.54, 1.807) is 25.1 Å². The smallest absolute Gasteiger partial charge is 0.330 e. The van der Waals surface area contributed by atoms with Crippen LogP contribution in [0.3, 0.4) is 0 Å². The zero-order chi connectivity index (χ0) is 12.7. The molecule has 0 saturated heterocycles. The summed E-state index contributed by atoms with van der Waals surface area (Å²) in [5.74, 6) is 0.352. The van der Waals surface area contributed by atoms with Gasteiger partial charge in [-0.2, -0.15) is 0 Å². The highest BCUT2D eigenvalue weighted by atomic mass is 35.5. The predicted molar refractivity (Wildman–Crippen MR) is 67.5 cm³/mol. The number of ether oxygens (including phenoxy) is 2. The zero-order valence-electron chi connectivity index (χ0n) is 9.90. The maximum absolute atomic E-state index is 11.0. The lowest BCUT2D eigenvalue weighted by molar-refractivity contribution is -0.137. The minimum Gasteiger partial charge on any atom is -0.489 e. The van der Waals surface area contributed by atoms with Crippen LogP contribution in [-0.2, 0) is 9.53 Å². The molecule has 0 spiro atoms. The van der Waals surface area contributed by atoms with Crippen LogP contribution in [0.1, 0.15) is 12.5 Å². The molecule has 17 heavy (non-hydrogen) atoms. The van der Waals surface area contributed by atoms with Crippen molar-refractivity contribution in [3.8, 4) is 5.75 Å². The molecule has 4 heteroatoms. The molecule has 1 rings (SSSR count). The van der Waals surface area contributed by atoms with Crippen molar-refractivity contribution >= 4 is 17.6 Å². The highest BCUT2D eigenvalue weighted by Gasteiger charge is 1.99. The van der Waals surface area contributed by atoms with E-state index in [1.807, 2.05) is 13.0 Å². The number of esters is 1. The van der Waals surface area contributed by atoms with Gasteiger partial charge in [0.05, 0.1) is 6.61 Å². The molecule has 0 heterocycles. The van der Waals surface area contributed by atoms with Gasteiger partial charge < -0.3 is 9.47 Å². The van der Waals surface area contributed by atoms with Gasteiger partial charge >= 0.3 is 5.97 Å². The van der Waals surface area contributed by atoms with Crippen LogP contribution in [0.15, 0.2) is 30.4 Å². The molecule has 1 aromatic carbocycles. The summed E-state index contributed by atoms with van der Waals surface area (Å²) in [4.78, 5) is 11.0. The number of hydrogen-bond acceptors (Lipinski definition) is 3. The number of carbonyl (C=O) groups excluding carboxylic acids is 1. The highest BCUT2D eigenvalue weighted by Crippen LogP contribution is 2.22. The fraction of sp³-hybridized carbons (Fsp3) is 0.308. The third kappa shape index (κ3) is 4.91. The van der Waals surface area contributed by atoms with E-state index in [4.69, 9.17) is 21.1 Å². The van der Waals surface area contributed by atoms with Gasteiger partial charge in [-0.05, 0) is 37.6 Å². The van der Waals surface area contributed by atoms with Gasteiger partial charge in [-0.3, -0.25) is 0 Å². The monoisotopic (exact) mass is 254 g/mol. The van der Waals surface area contributed by atoms with Crippen LogP contribution in [0, 0.1) is 6.92 Å². The first-order valence-electron chi connectivity index (χ1n) is 5.35. The maximum atomic E-state index is 11.0. The lowest BCUT2D eigenvalue weighted by atomic mass is 10.2. The van der Waals surface area contributed by atoms with Crippen molar-refractivity contribution in [2.75, 3.05) is 13.2 Å². The van der Waals surface area contributed by atoms with Gasteiger partial charge in [0.2, 0.25) is 0 Å². The first kappa shape index (κ1) is 13.6. The Balaban J connectivity index is 2.45. The topological polar surface area (TPSA) is 35.5 Å². The van der Waals surface area contributed by atoms with Crippen molar-refractivity contribution in [3.63, 3.8) is 0 Å². The largest absolute Gasteiger partial charge is 0.489 e. The molecule has 0 aliphatic carbocycles. The highest BCUT2D eigenvalue weighted by molar-refractivity contribution is 6.30. The minimum absolute atomic E-state index is 0.306. The quantitative estimate of drug-likeness (QED) is 0.598. The molecule has 1 aromatic rings. The summed E-state index contributed by atoms with van der Waals surface area (Å²) in [6.07, 6.45) is 2.96. The zero-order valence-corrected chi connectivity index (χ0v) is 10.7. The summed E-state index contributed by atoms with van der Waals surface area (Å²) < 4.78 is 10.2. The summed E-state index contributed by atoms with van der Waals surface area (Å²) in [6, 6.07) is 5.43. The van der Waals surface area contributed by atoms with Gasteiger partial charge in [-0.15, -0.1) is 0 Å². The molecule has 0 atom stereocenters. The first-order chi connectivity index (χ1) is 8.13. The molecule has 0 N–H and O–H groups in total. The second-order valence-corrected chi connectivity index (χ2v) is 3.81. The van der Waals surface area contributed by atoms with Crippen LogP contribution in [-0.4, -0.2) is 19.2 Å². The molecular formula is C13H15ClO3. The predicted octanol–water partition coefficient (Wildman–Crippen LogP) is 3.15. The Labute approximate surface area is 106 Å². The molecule has 0 aromatic heterocycles. The molecule has 0 saturated carbocycles. The number of rotatable bonds is 5. The van der Waals surface area contributed by atoms with E-state index >= 15 is 0 Å². The van der Waals surface area contributed by atoms with Crippen LogP contribution in [0.5, 0.6) is 5.75 Å². The van der Waals surface area contributed by atoms with Gasteiger partial charge in [-0.25, -0.2) is 4.79 Å². The van der Waals surface area contributed by atoms with E-state index in [9.17, 15) is 4.79 Å². The Morgan fingerprint density at radius 2 is 2.24 bits per heavy atom. The maximum Gasteiger partial charge on any atom is 0.330 e. The molecule has 0 fully saturated rings. The van der Waals surface area contributed by atoms with Crippen molar-refractivity contribution < 1.29 is 14.3 Å². The van der Waals surface area contributed by atoms with Crippen molar-refractivity contribution in [3.05, 3.63) is 40.9 Å². The summed E-state index contributed by atoms with van der Waals surface area (Å²) in [6.45, 7) is 4.37. The molecule has 0 radical (unpaired) electrons. The number of aryl methyl sites for hydroxylation is 1. The Morgan fingerprint density at radius 1 is 1.47 bits per heavy atom. The van der Waals surface area contributed by atoms with Crippen LogP contribution in [0.25, 0.3) is 0 Å². The molecule has 0 aliphatic rings. The van der Waals surface area contributed by atoms with E-state index in [0.29, 0.717) is 24.0 Å². The average molecular weight is 255 g/mol. The SMILES string of the molecule is CCOC(=O)/C=C/COc1cc(Cl)ccc1C. The number of hydrogen-bond donors (Lipinski definition) is 0. The van der Waals surface area contributed by atoms with Crippen LogP contribution in [0.4, 0.5) is 0 Å². The molecular weight excluding hydrogens is 240 g/mol. The van der Waals surface area contributed by atoms with Crippen LogP contribution < -0.4 is 4.74 Å². The Morgan fingerprint density at radius 3 is 2.94 bits per heavy atom. The molecule has 3 nitrogen and oxygen atoms in total. The molecule has 0 amide bonds. The summed E-state index contributed by atoms with van der Waals surface area (Å²) in [5, 5.41) is 0.625. The Kier molecular flexibility index (Phi) is 5.57. The Bertz CT molecular complexity index is 413. The minimum atomic E-state index is -0.362. The molecule has 0 unspecified atom stereocenters. The van der Waals surface area contributed by atoms with E-state index in [2.05, 4.69) is 0 Å². The van der Waals surface area contributed by atoms with E-state index in [0.717, 1.165) is 5.56 Å². The summed E-state index contributed by atoms with van der Waals surface area (Å²) >= 11 is 5.85. The third-order valence-electron chi connectivity index (χ3n) is 2.03. The molecule has 92 valence electrons. The summed E-state index contributed by atoms with van der Waals surface area (Å²) in [7, 11) is 0. The van der Waals surface area contributed by atoms with Crippen LogP contribution >= 0.6 is 11.6 Å². The van der Waals surface area contributed by atoms with Gasteiger partial charge in [0.15, 0.2) is 0 Å². The third-order valence-corrected chi connectivity index (χ3v) is 2.26. The lowest BCUT2D eigenvalue weighted by Gasteiger charge is -2.06. The van der Waals surface area contributed by atoms with Crippen molar-refractivity contribution in [2.24, 2.45) is 0 Å². The van der Waals surface area contributed by atoms with Gasteiger partial charge in [-0.1, -0.05) is 17.7 Å². The van der Waals surface area contributed by atoms with E-state index in [-0.39, 0.29) is 5.97 Å². The Hall–Kier alpha value is -1.48. The fourth-order valence-corrected chi connectivity index (χ4v) is 1.36. The fourth-order valence-electron chi connectivity index (χ4n) is 1.20. The van der Waals surface area contributed by atoms with Crippen molar-refractivity contribution in [1.29, 1.82) is 0 Å². The first-order valence-corrected chi connectivity index (χ1v) is 5.73. The number of benzene rings is 1. The van der Waals surface area contributed by atoms with Crippen molar-refractivity contribution in [2.45, 2.75) is 13.8 Å². The second kappa shape index (κ2) is 6.97. The van der Waals surface area contributed by atoms with Crippen molar-refractivity contribution in [1.82, 2.24) is 0 Å². The number of halogens is 1. The van der Waals surface area contributed by atoms with E-state index in [1.165, 1.54) is 6.08 Å². The average Bonchev–Trinajstić information content (AvgIpc) is 2.29. The summed E-state index contributed by atoms with van der Waals surface area (Å²) in [5.41, 5.74) is 0.999. The molecule has 0 aliphatic heterocycles. The lowest BCUT2D eigenvalue weighted by Crippen LogP contribution is -2.01. The number of carbonyl (C=O) groups is 1.